The van der Waals surface area contributed by atoms with Crippen LogP contribution < -0.4 is 0 Å². The predicted molar refractivity (Wildman–Crippen MR) is 176 cm³/mol. The highest BCUT2D eigenvalue weighted by molar-refractivity contribution is 7.25. The molecule has 5 aromatic carbocycles. The quantitative estimate of drug-likeness (QED) is 0.200. The molecule has 0 spiro atoms. The average Bonchev–Trinajstić information content (AvgIpc) is 3.55. The van der Waals surface area contributed by atoms with Gasteiger partial charge >= 0.3 is 0 Å². The van der Waals surface area contributed by atoms with Gasteiger partial charge < -0.3 is 4.57 Å². The molecule has 192 valence electrons. The maximum absolute atomic E-state index is 3.89. The van der Waals surface area contributed by atoms with Crippen LogP contribution in [-0.4, -0.2) is 4.57 Å². The van der Waals surface area contributed by atoms with E-state index in [1.807, 2.05) is 23.5 Å². The molecule has 8 rings (SSSR count). The zero-order chi connectivity index (χ0) is 27.2. The Labute approximate surface area is 238 Å². The summed E-state index contributed by atoms with van der Waals surface area (Å²) in [4.78, 5) is 0. The highest BCUT2D eigenvalue weighted by Gasteiger charge is 2.34. The lowest BCUT2D eigenvalue weighted by Gasteiger charge is -2.23. The molecule has 2 heterocycles. The van der Waals surface area contributed by atoms with Crippen LogP contribution in [0.1, 0.15) is 31.9 Å². The standard InChI is InChI=1S/C38H29NS/c1-5-6-13-27-23(2)38(3,4)33-20-26(16-17-28(27)33)39-34-19-25-12-8-7-11-24(25)18-30(34)31-22-37-32(21-35(31)39)29-14-9-10-15-36(29)40-37/h5-22H,1H2,2-4H3/b13-6-. The number of hydrogen-bond donors (Lipinski definition) is 0. The van der Waals surface area contributed by atoms with Crippen LogP contribution in [0.2, 0.25) is 0 Å². The Morgan fingerprint density at radius 1 is 0.725 bits per heavy atom. The molecule has 7 aromatic rings. The molecular weight excluding hydrogens is 502 g/mol. The van der Waals surface area contributed by atoms with Crippen molar-refractivity contribution in [1.82, 2.24) is 4.57 Å². The number of thiophene rings is 1. The fourth-order valence-corrected chi connectivity index (χ4v) is 7.87. The van der Waals surface area contributed by atoms with E-state index < -0.39 is 0 Å². The first kappa shape index (κ1) is 23.5. The smallest absolute Gasteiger partial charge is 0.0548 e. The van der Waals surface area contributed by atoms with Gasteiger partial charge in [0.1, 0.15) is 0 Å². The van der Waals surface area contributed by atoms with Crippen molar-refractivity contribution >= 4 is 69.7 Å². The zero-order valence-corrected chi connectivity index (χ0v) is 23.8. The van der Waals surface area contributed by atoms with Crippen molar-refractivity contribution in [2.45, 2.75) is 26.2 Å². The van der Waals surface area contributed by atoms with Crippen LogP contribution in [0.5, 0.6) is 0 Å². The summed E-state index contributed by atoms with van der Waals surface area (Å²) in [5, 5.41) is 7.82. The summed E-state index contributed by atoms with van der Waals surface area (Å²) in [7, 11) is 0. The molecule has 0 atom stereocenters. The first-order chi connectivity index (χ1) is 19.5. The van der Waals surface area contributed by atoms with E-state index in [4.69, 9.17) is 0 Å². The maximum atomic E-state index is 3.89. The molecule has 0 N–H and O–H groups in total. The normalized spacial score (nSPS) is 15.0. The summed E-state index contributed by atoms with van der Waals surface area (Å²) in [6.45, 7) is 10.9. The van der Waals surface area contributed by atoms with Crippen LogP contribution >= 0.6 is 11.3 Å². The maximum Gasteiger partial charge on any atom is 0.0548 e. The number of hydrogen-bond acceptors (Lipinski definition) is 1. The highest BCUT2D eigenvalue weighted by atomic mass is 32.1. The third kappa shape index (κ3) is 3.14. The number of aromatic nitrogens is 1. The summed E-state index contributed by atoms with van der Waals surface area (Å²) in [5.41, 5.74) is 9.09. The molecule has 0 aliphatic heterocycles. The fourth-order valence-electron chi connectivity index (χ4n) is 6.74. The Bertz CT molecular complexity index is 2260. The van der Waals surface area contributed by atoms with Crippen molar-refractivity contribution < 1.29 is 0 Å². The SMILES string of the molecule is C=C/C=C\C1=C(C)C(C)(C)c2cc(-n3c4cc5ccccc5cc4c4cc5sc6ccccc6c5cc43)ccc21. The molecule has 2 aromatic heterocycles. The van der Waals surface area contributed by atoms with E-state index >= 15 is 0 Å². The minimum atomic E-state index is -0.0472. The molecule has 0 fully saturated rings. The summed E-state index contributed by atoms with van der Waals surface area (Å²) in [6, 6.07) is 34.1. The third-order valence-corrected chi connectivity index (χ3v) is 10.2. The highest BCUT2D eigenvalue weighted by Crippen LogP contribution is 2.48. The Morgan fingerprint density at radius 3 is 2.27 bits per heavy atom. The summed E-state index contributed by atoms with van der Waals surface area (Å²) in [6.07, 6.45) is 6.12. The lowest BCUT2D eigenvalue weighted by molar-refractivity contribution is 0.638. The van der Waals surface area contributed by atoms with Gasteiger partial charge in [0.15, 0.2) is 0 Å². The second-order valence-corrected chi connectivity index (χ2v) is 12.6. The molecule has 1 nitrogen and oxygen atoms in total. The topological polar surface area (TPSA) is 4.93 Å². The lowest BCUT2D eigenvalue weighted by atomic mass is 9.82. The molecule has 0 unspecified atom stereocenters. The van der Waals surface area contributed by atoms with Gasteiger partial charge in [-0.1, -0.05) is 92.8 Å². The van der Waals surface area contributed by atoms with Crippen LogP contribution in [-0.2, 0) is 5.41 Å². The van der Waals surface area contributed by atoms with Crippen LogP contribution in [0.3, 0.4) is 0 Å². The summed E-state index contributed by atoms with van der Waals surface area (Å²) in [5.74, 6) is 0. The van der Waals surface area contributed by atoms with Gasteiger partial charge in [-0.3, -0.25) is 0 Å². The van der Waals surface area contributed by atoms with Gasteiger partial charge in [-0.2, -0.15) is 0 Å². The Morgan fingerprint density at radius 2 is 1.45 bits per heavy atom. The molecule has 0 saturated carbocycles. The van der Waals surface area contributed by atoms with E-state index in [9.17, 15) is 0 Å². The Hall–Kier alpha value is -4.40. The number of allylic oxidation sites excluding steroid dienone is 5. The van der Waals surface area contributed by atoms with E-state index in [1.165, 1.54) is 80.7 Å². The molecule has 0 radical (unpaired) electrons. The number of nitrogens with zero attached hydrogens (tertiary/aromatic N) is 1. The van der Waals surface area contributed by atoms with Gasteiger partial charge in [0.2, 0.25) is 0 Å². The van der Waals surface area contributed by atoms with E-state index in [2.05, 4.69) is 129 Å². The van der Waals surface area contributed by atoms with Crippen LogP contribution in [0.25, 0.3) is 64.0 Å². The van der Waals surface area contributed by atoms with E-state index in [0.717, 1.165) is 0 Å². The molecule has 40 heavy (non-hydrogen) atoms. The van der Waals surface area contributed by atoms with Crippen molar-refractivity contribution in [2.75, 3.05) is 0 Å². The molecule has 0 amide bonds. The van der Waals surface area contributed by atoms with Gasteiger partial charge in [0.05, 0.1) is 11.0 Å². The molecule has 1 aliphatic rings. The molecule has 1 aliphatic carbocycles. The van der Waals surface area contributed by atoms with Crippen molar-refractivity contribution in [3.8, 4) is 5.69 Å². The van der Waals surface area contributed by atoms with E-state index in [-0.39, 0.29) is 5.41 Å². The average molecular weight is 532 g/mol. The second-order valence-electron chi connectivity index (χ2n) is 11.5. The Balaban J connectivity index is 1.48. The van der Waals surface area contributed by atoms with E-state index in [1.54, 1.807) is 0 Å². The molecular formula is C38H29NS. The first-order valence-electron chi connectivity index (χ1n) is 13.9. The Kier molecular flexibility index (Phi) is 4.87. The minimum Gasteiger partial charge on any atom is -0.309 e. The van der Waals surface area contributed by atoms with Gasteiger partial charge in [-0.25, -0.2) is 0 Å². The first-order valence-corrected chi connectivity index (χ1v) is 14.7. The van der Waals surface area contributed by atoms with Crippen LogP contribution in [0, 0.1) is 0 Å². The minimum absolute atomic E-state index is 0.0472. The van der Waals surface area contributed by atoms with Crippen molar-refractivity contribution in [3.63, 3.8) is 0 Å². The van der Waals surface area contributed by atoms with Gasteiger partial charge in [-0.15, -0.1) is 11.3 Å². The predicted octanol–water partition coefficient (Wildman–Crippen LogP) is 11.1. The summed E-state index contributed by atoms with van der Waals surface area (Å²) < 4.78 is 5.17. The van der Waals surface area contributed by atoms with Crippen LogP contribution in [0.4, 0.5) is 0 Å². The van der Waals surface area contributed by atoms with Crippen molar-refractivity contribution in [1.29, 1.82) is 0 Å². The number of rotatable bonds is 3. The lowest BCUT2D eigenvalue weighted by Crippen LogP contribution is -2.16. The van der Waals surface area contributed by atoms with Gasteiger partial charge in [0, 0.05) is 42.0 Å². The monoisotopic (exact) mass is 531 g/mol. The molecule has 0 bridgehead atoms. The van der Waals surface area contributed by atoms with Gasteiger partial charge in [0.25, 0.3) is 0 Å². The summed E-state index contributed by atoms with van der Waals surface area (Å²) >= 11 is 1.89. The number of fused-ring (bicyclic) bond motifs is 8. The second kappa shape index (κ2) is 8.30. The third-order valence-electron chi connectivity index (χ3n) is 9.10. The van der Waals surface area contributed by atoms with E-state index in [0.29, 0.717) is 0 Å². The van der Waals surface area contributed by atoms with Crippen molar-refractivity contribution in [3.05, 3.63) is 133 Å². The number of benzene rings is 5. The zero-order valence-electron chi connectivity index (χ0n) is 23.0. The molecule has 0 saturated heterocycles. The van der Waals surface area contributed by atoms with Gasteiger partial charge in [-0.05, 0) is 76.9 Å². The van der Waals surface area contributed by atoms with Crippen molar-refractivity contribution in [2.24, 2.45) is 0 Å². The largest absolute Gasteiger partial charge is 0.309 e. The molecule has 2 heteroatoms. The van der Waals surface area contributed by atoms with Crippen LogP contribution in [0.15, 0.2) is 121 Å². The fraction of sp³-hybridized carbons (Fsp3) is 0.105.